The SMILES string of the molecule is CC(=O)CCOCCOCCOCCOCCOCCOCCOCCOCCNC(=O)CC[C@H](NC(=O)CCCCCCCCCCCCCCC(=O)O)C(=O)O. The lowest BCUT2D eigenvalue weighted by Gasteiger charge is -2.14. The molecule has 58 heavy (non-hydrogen) atoms. The second kappa shape index (κ2) is 43.8. The van der Waals surface area contributed by atoms with Crippen molar-refractivity contribution in [1.82, 2.24) is 10.6 Å². The molecule has 0 saturated heterocycles. The Bertz CT molecular complexity index is 1000. The van der Waals surface area contributed by atoms with Gasteiger partial charge in [0.1, 0.15) is 11.8 Å². The first-order valence-corrected chi connectivity index (χ1v) is 21.3. The van der Waals surface area contributed by atoms with Crippen molar-refractivity contribution in [2.24, 2.45) is 0 Å². The molecule has 0 rings (SSSR count). The number of unbranched alkanes of at least 4 members (excludes halogenated alkanes) is 11. The molecule has 0 aliphatic carbocycles. The van der Waals surface area contributed by atoms with Gasteiger partial charge in [-0.05, 0) is 26.2 Å². The number of carboxylic acid groups (broad SMARTS) is 2. The highest BCUT2D eigenvalue weighted by molar-refractivity contribution is 5.84. The molecule has 0 unspecified atom stereocenters. The molecule has 0 saturated carbocycles. The third kappa shape index (κ3) is 44.3. The summed E-state index contributed by atoms with van der Waals surface area (Å²) in [6.07, 6.45) is 13.4. The van der Waals surface area contributed by atoms with E-state index in [9.17, 15) is 29.1 Å². The van der Waals surface area contributed by atoms with Crippen LogP contribution in [0.1, 0.15) is 116 Å². The highest BCUT2D eigenvalue weighted by Crippen LogP contribution is 2.13. The van der Waals surface area contributed by atoms with Crippen LogP contribution in [0.3, 0.4) is 0 Å². The molecule has 4 N–H and O–H groups in total. The number of carbonyl (C=O) groups excluding carboxylic acids is 3. The van der Waals surface area contributed by atoms with E-state index in [1.54, 1.807) is 0 Å². The van der Waals surface area contributed by atoms with E-state index in [2.05, 4.69) is 10.6 Å². The first kappa shape index (κ1) is 55.2. The second-order valence-electron chi connectivity index (χ2n) is 13.8. The Labute approximate surface area is 346 Å². The summed E-state index contributed by atoms with van der Waals surface area (Å²) in [6.45, 7) is 8.68. The van der Waals surface area contributed by atoms with Gasteiger partial charge in [-0.25, -0.2) is 4.79 Å². The maximum absolute atomic E-state index is 12.3. The van der Waals surface area contributed by atoms with Gasteiger partial charge in [0.2, 0.25) is 11.8 Å². The Morgan fingerprint density at radius 1 is 0.414 bits per heavy atom. The van der Waals surface area contributed by atoms with Crippen LogP contribution in [0.2, 0.25) is 0 Å². The quantitative estimate of drug-likeness (QED) is 0.0634. The van der Waals surface area contributed by atoms with Crippen molar-refractivity contribution in [3.05, 3.63) is 0 Å². The van der Waals surface area contributed by atoms with Crippen LogP contribution in [0.15, 0.2) is 0 Å². The maximum Gasteiger partial charge on any atom is 0.326 e. The molecule has 0 radical (unpaired) electrons. The van der Waals surface area contributed by atoms with Crippen molar-refractivity contribution in [2.75, 3.05) is 112 Å². The zero-order valence-electron chi connectivity index (χ0n) is 35.3. The zero-order chi connectivity index (χ0) is 42.6. The van der Waals surface area contributed by atoms with Crippen molar-refractivity contribution >= 4 is 29.5 Å². The van der Waals surface area contributed by atoms with Crippen LogP contribution >= 0.6 is 0 Å². The third-order valence-electron chi connectivity index (χ3n) is 8.61. The van der Waals surface area contributed by atoms with Gasteiger partial charge in [0.15, 0.2) is 0 Å². The van der Waals surface area contributed by atoms with Crippen molar-refractivity contribution in [3.8, 4) is 0 Å². The average molecular weight is 837 g/mol. The number of hydrogen-bond acceptors (Lipinski definition) is 13. The van der Waals surface area contributed by atoms with Gasteiger partial charge in [-0.3, -0.25) is 19.2 Å². The predicted molar refractivity (Wildman–Crippen MR) is 216 cm³/mol. The second-order valence-corrected chi connectivity index (χ2v) is 13.8. The summed E-state index contributed by atoms with van der Waals surface area (Å²) < 4.78 is 43.3. The summed E-state index contributed by atoms with van der Waals surface area (Å²) in [6, 6.07) is -1.11. The molecule has 2 amide bonds. The minimum atomic E-state index is -1.16. The maximum atomic E-state index is 12.3. The van der Waals surface area contributed by atoms with Crippen molar-refractivity contribution < 1.29 is 72.1 Å². The highest BCUT2D eigenvalue weighted by Gasteiger charge is 2.20. The monoisotopic (exact) mass is 837 g/mol. The number of nitrogens with one attached hydrogen (secondary N) is 2. The summed E-state index contributed by atoms with van der Waals surface area (Å²) in [7, 11) is 0. The number of hydrogen-bond donors (Lipinski definition) is 4. The van der Waals surface area contributed by atoms with Crippen molar-refractivity contribution in [2.45, 2.75) is 122 Å². The lowest BCUT2D eigenvalue weighted by Crippen LogP contribution is -2.41. The molecule has 0 aliphatic rings. The van der Waals surface area contributed by atoms with Gasteiger partial charge in [0.05, 0.1) is 106 Å². The van der Waals surface area contributed by atoms with Crippen LogP contribution < -0.4 is 10.6 Å². The van der Waals surface area contributed by atoms with E-state index in [1.165, 1.54) is 26.2 Å². The number of ketones is 1. The standard InChI is InChI=1S/C41H76N2O15/c1-36(44)18-20-51-22-24-53-26-28-55-30-32-57-34-35-58-33-31-56-29-27-54-25-23-52-21-19-42-38(45)17-16-37(41(49)50)43-39(46)14-12-10-8-6-4-2-3-5-7-9-11-13-15-40(47)48/h37H,2-35H2,1H3,(H,42,45)(H,43,46)(H,47,48)(H,49,50)/t37-/m0/s1. The van der Waals surface area contributed by atoms with Gasteiger partial charge in [-0.2, -0.15) is 0 Å². The van der Waals surface area contributed by atoms with Crippen LogP contribution in [-0.2, 0) is 61.9 Å². The molecule has 0 fully saturated rings. The fraction of sp³-hybridized carbons (Fsp3) is 0.878. The summed E-state index contributed by atoms with van der Waals surface area (Å²) >= 11 is 0. The Kier molecular flexibility index (Phi) is 41.7. The number of carboxylic acids is 2. The lowest BCUT2D eigenvalue weighted by atomic mass is 10.0. The Hall–Kier alpha value is -2.77. The molecular formula is C41H76N2O15. The van der Waals surface area contributed by atoms with Crippen LogP contribution in [0.4, 0.5) is 0 Å². The van der Waals surface area contributed by atoms with E-state index >= 15 is 0 Å². The molecule has 17 nitrogen and oxygen atoms in total. The van der Waals surface area contributed by atoms with E-state index in [-0.39, 0.29) is 56.4 Å². The van der Waals surface area contributed by atoms with E-state index in [4.69, 9.17) is 43.0 Å². The summed E-state index contributed by atoms with van der Waals surface area (Å²) in [4.78, 5) is 57.4. The first-order chi connectivity index (χ1) is 28.2. The van der Waals surface area contributed by atoms with Crippen LogP contribution in [-0.4, -0.2) is 158 Å². The Morgan fingerprint density at radius 2 is 0.759 bits per heavy atom. The number of amides is 2. The molecule has 0 heterocycles. The number of carbonyl (C=O) groups is 5. The van der Waals surface area contributed by atoms with Gasteiger partial charge in [0, 0.05) is 32.2 Å². The van der Waals surface area contributed by atoms with E-state index < -0.39 is 18.0 Å². The molecule has 0 aromatic rings. The smallest absolute Gasteiger partial charge is 0.326 e. The van der Waals surface area contributed by atoms with Crippen molar-refractivity contribution in [1.29, 1.82) is 0 Å². The van der Waals surface area contributed by atoms with Gasteiger partial charge in [0.25, 0.3) is 0 Å². The molecule has 0 bridgehead atoms. The molecule has 17 heteroatoms. The van der Waals surface area contributed by atoms with E-state index in [0.29, 0.717) is 112 Å². The van der Waals surface area contributed by atoms with E-state index in [0.717, 1.165) is 51.4 Å². The normalized spacial score (nSPS) is 11.7. The van der Waals surface area contributed by atoms with Crippen LogP contribution in [0.25, 0.3) is 0 Å². The fourth-order valence-corrected chi connectivity index (χ4v) is 5.34. The van der Waals surface area contributed by atoms with Gasteiger partial charge >= 0.3 is 11.9 Å². The van der Waals surface area contributed by atoms with Crippen LogP contribution in [0, 0.1) is 0 Å². The Balaban J connectivity index is 3.48. The van der Waals surface area contributed by atoms with Crippen LogP contribution in [0.5, 0.6) is 0 Å². The van der Waals surface area contributed by atoms with E-state index in [1.807, 2.05) is 0 Å². The topological polar surface area (TPSA) is 224 Å². The summed E-state index contributed by atoms with van der Waals surface area (Å²) in [5, 5.41) is 23.4. The minimum Gasteiger partial charge on any atom is -0.481 e. The zero-order valence-corrected chi connectivity index (χ0v) is 35.3. The molecule has 0 aliphatic heterocycles. The van der Waals surface area contributed by atoms with Gasteiger partial charge in [-0.15, -0.1) is 0 Å². The fourth-order valence-electron chi connectivity index (χ4n) is 5.34. The highest BCUT2D eigenvalue weighted by atomic mass is 16.6. The largest absolute Gasteiger partial charge is 0.481 e. The molecule has 0 spiro atoms. The Morgan fingerprint density at radius 3 is 1.12 bits per heavy atom. The lowest BCUT2D eigenvalue weighted by molar-refractivity contribution is -0.142. The average Bonchev–Trinajstić information content (AvgIpc) is 3.18. The minimum absolute atomic E-state index is 0.00447. The molecule has 0 aromatic carbocycles. The van der Waals surface area contributed by atoms with Gasteiger partial charge in [-0.1, -0.05) is 64.2 Å². The predicted octanol–water partition coefficient (Wildman–Crippen LogP) is 4.11. The molecule has 0 aromatic heterocycles. The number of Topliss-reactive ketones (excluding diaryl/α,β-unsaturated/α-hetero) is 1. The summed E-state index contributed by atoms with van der Waals surface area (Å²) in [5.74, 6) is -2.40. The van der Waals surface area contributed by atoms with Crippen molar-refractivity contribution in [3.63, 3.8) is 0 Å². The number of rotatable bonds is 47. The third-order valence-corrected chi connectivity index (χ3v) is 8.61. The summed E-state index contributed by atoms with van der Waals surface area (Å²) in [5.41, 5.74) is 0. The van der Waals surface area contributed by atoms with Gasteiger partial charge < -0.3 is 58.7 Å². The molecule has 340 valence electrons. The first-order valence-electron chi connectivity index (χ1n) is 21.3. The number of ether oxygens (including phenoxy) is 8. The number of aliphatic carboxylic acids is 2. The molecular weight excluding hydrogens is 760 g/mol. The molecule has 1 atom stereocenters.